The third-order valence-electron chi connectivity index (χ3n) is 8.66. The van der Waals surface area contributed by atoms with Crippen LogP contribution in [0.4, 0.5) is 10.6 Å². The maximum Gasteiger partial charge on any atom is 0.354 e. The molecule has 11 nitrogen and oxygen atoms in total. The average molecular weight is 537 g/mol. The van der Waals surface area contributed by atoms with Crippen LogP contribution in [0.5, 0.6) is 0 Å². The molecule has 5 N–H and O–H groups in total. The Hall–Kier alpha value is -3.28. The first-order chi connectivity index (χ1) is 18.5. The summed E-state index contributed by atoms with van der Waals surface area (Å²) in [6, 6.07) is 9.58. The van der Waals surface area contributed by atoms with Gasteiger partial charge in [-0.1, -0.05) is 12.1 Å². The van der Waals surface area contributed by atoms with Crippen LogP contribution in [0.15, 0.2) is 41.3 Å². The van der Waals surface area contributed by atoms with Crippen LogP contribution in [0, 0.1) is 5.41 Å². The Labute approximate surface area is 229 Å². The van der Waals surface area contributed by atoms with Crippen LogP contribution in [0.25, 0.3) is 5.69 Å². The number of aromatic nitrogens is 2. The van der Waals surface area contributed by atoms with Crippen molar-refractivity contribution in [2.75, 3.05) is 44.6 Å². The molecule has 3 heterocycles. The van der Waals surface area contributed by atoms with E-state index in [2.05, 4.69) is 15.2 Å². The summed E-state index contributed by atoms with van der Waals surface area (Å²) in [5, 5.41) is 2.70. The van der Waals surface area contributed by atoms with Crippen LogP contribution in [0.2, 0.25) is 0 Å². The van der Waals surface area contributed by atoms with E-state index in [4.69, 9.17) is 11.5 Å². The van der Waals surface area contributed by atoms with E-state index in [1.54, 1.807) is 35.9 Å². The summed E-state index contributed by atoms with van der Waals surface area (Å²) < 4.78 is 1.46. The van der Waals surface area contributed by atoms with E-state index in [1.165, 1.54) is 29.4 Å². The molecule has 2 aliphatic heterocycles. The Bertz CT molecular complexity index is 1250. The van der Waals surface area contributed by atoms with Gasteiger partial charge in [0.05, 0.1) is 11.2 Å². The molecule has 11 heteroatoms. The van der Waals surface area contributed by atoms with Gasteiger partial charge in [0, 0.05) is 45.0 Å². The van der Waals surface area contributed by atoms with Gasteiger partial charge in [0.2, 0.25) is 5.91 Å². The Morgan fingerprint density at radius 1 is 1.00 bits per heavy atom. The molecular formula is C28H40N8O3. The van der Waals surface area contributed by atoms with E-state index in [9.17, 15) is 14.4 Å². The standard InChI is InChI=1S/C28H40N8O3/c1-27(2,30)24(37)34-15-17-35(18-16-34)25(38)31-23-8-12-36(26(39)32-23)21-5-3-20(4-6-21)19-33-13-10-28(11-14-33)9-7-22(28)29/h3-6,8,12,22H,7,9-11,13-19,29-30H2,1-2H3,(H,31,32,38,39). The van der Waals surface area contributed by atoms with Crippen LogP contribution in [-0.4, -0.2) is 87.0 Å². The Balaban J connectivity index is 1.13. The minimum atomic E-state index is -0.944. The van der Waals surface area contributed by atoms with Gasteiger partial charge in [0.1, 0.15) is 5.82 Å². The summed E-state index contributed by atoms with van der Waals surface area (Å²) in [6.07, 6.45) is 6.41. The van der Waals surface area contributed by atoms with E-state index in [0.29, 0.717) is 37.6 Å². The van der Waals surface area contributed by atoms with Crippen molar-refractivity contribution in [3.8, 4) is 5.69 Å². The number of piperazine rings is 1. The molecule has 1 aromatic carbocycles. The van der Waals surface area contributed by atoms with Crippen molar-refractivity contribution in [2.45, 2.75) is 57.7 Å². The Kier molecular flexibility index (Phi) is 7.49. The second kappa shape index (κ2) is 10.7. The van der Waals surface area contributed by atoms with Gasteiger partial charge in [0.15, 0.2) is 0 Å². The van der Waals surface area contributed by atoms with Gasteiger partial charge in [-0.25, -0.2) is 9.59 Å². The molecule has 1 aliphatic carbocycles. The molecule has 3 fully saturated rings. The summed E-state index contributed by atoms with van der Waals surface area (Å²) in [6.45, 7) is 7.95. The van der Waals surface area contributed by atoms with Crippen molar-refractivity contribution in [3.63, 3.8) is 0 Å². The third kappa shape index (κ3) is 5.85. The van der Waals surface area contributed by atoms with Crippen molar-refractivity contribution >= 4 is 17.8 Å². The monoisotopic (exact) mass is 536 g/mol. The molecular weight excluding hydrogens is 496 g/mol. The lowest BCUT2D eigenvalue weighted by Gasteiger charge is -2.52. The number of piperidine rings is 1. The first-order valence-corrected chi connectivity index (χ1v) is 13.9. The van der Waals surface area contributed by atoms with E-state index >= 15 is 0 Å². The number of rotatable bonds is 5. The predicted octanol–water partition coefficient (Wildman–Crippen LogP) is 1.35. The smallest absolute Gasteiger partial charge is 0.338 e. The van der Waals surface area contributed by atoms with Crippen molar-refractivity contribution in [1.29, 1.82) is 0 Å². The highest BCUT2D eigenvalue weighted by Gasteiger charge is 2.46. The van der Waals surface area contributed by atoms with Gasteiger partial charge in [-0.2, -0.15) is 4.98 Å². The van der Waals surface area contributed by atoms with Crippen molar-refractivity contribution < 1.29 is 9.59 Å². The number of carbonyl (C=O) groups excluding carboxylic acids is 2. The number of nitrogens with one attached hydrogen (secondary N) is 1. The topological polar surface area (TPSA) is 143 Å². The lowest BCUT2D eigenvalue weighted by atomic mass is 9.60. The second-order valence-electron chi connectivity index (χ2n) is 11.8. The number of likely N-dealkylation sites (tertiary alicyclic amines) is 1. The van der Waals surface area contributed by atoms with Crippen molar-refractivity contribution in [1.82, 2.24) is 24.3 Å². The zero-order valence-electron chi connectivity index (χ0n) is 22.9. The molecule has 1 spiro atoms. The molecule has 1 aromatic heterocycles. The number of hydrogen-bond acceptors (Lipinski definition) is 7. The van der Waals surface area contributed by atoms with Crippen LogP contribution in [0.3, 0.4) is 0 Å². The number of nitrogens with two attached hydrogens (primary N) is 2. The summed E-state index contributed by atoms with van der Waals surface area (Å²) in [4.78, 5) is 47.6. The quantitative estimate of drug-likeness (QED) is 0.523. The summed E-state index contributed by atoms with van der Waals surface area (Å²) in [5.74, 6) is 0.0490. The first-order valence-electron chi connectivity index (χ1n) is 13.9. The zero-order valence-corrected chi connectivity index (χ0v) is 22.9. The fourth-order valence-electron chi connectivity index (χ4n) is 5.89. The van der Waals surface area contributed by atoms with E-state index in [1.807, 2.05) is 24.3 Å². The maximum absolute atomic E-state index is 12.7. The molecule has 1 saturated carbocycles. The Morgan fingerprint density at radius 2 is 1.64 bits per heavy atom. The number of nitrogens with zero attached hydrogens (tertiary/aromatic N) is 5. The molecule has 0 bridgehead atoms. The minimum absolute atomic E-state index is 0.139. The lowest BCUT2D eigenvalue weighted by Crippen LogP contribution is -2.58. The maximum atomic E-state index is 12.7. The van der Waals surface area contributed by atoms with Crippen LogP contribution in [0.1, 0.15) is 45.1 Å². The largest absolute Gasteiger partial charge is 0.354 e. The molecule has 2 aromatic rings. The number of amides is 3. The first kappa shape index (κ1) is 27.3. The van der Waals surface area contributed by atoms with Crippen molar-refractivity contribution in [3.05, 3.63) is 52.6 Å². The van der Waals surface area contributed by atoms with Crippen LogP contribution < -0.4 is 22.5 Å². The van der Waals surface area contributed by atoms with Crippen molar-refractivity contribution in [2.24, 2.45) is 16.9 Å². The SMILES string of the molecule is CC(C)(N)C(=O)N1CCN(C(=O)Nc2ccn(-c3ccc(CN4CCC5(CCC5N)CC4)cc3)c(=O)n2)CC1. The van der Waals surface area contributed by atoms with Crippen LogP contribution in [-0.2, 0) is 11.3 Å². The number of hydrogen-bond donors (Lipinski definition) is 3. The number of benzene rings is 1. The fourth-order valence-corrected chi connectivity index (χ4v) is 5.89. The molecule has 3 amide bonds. The lowest BCUT2D eigenvalue weighted by molar-refractivity contribution is -0.137. The molecule has 0 radical (unpaired) electrons. The Morgan fingerprint density at radius 3 is 2.18 bits per heavy atom. The molecule has 1 unspecified atom stereocenters. The van der Waals surface area contributed by atoms with Gasteiger partial charge in [-0.3, -0.25) is 19.6 Å². The van der Waals surface area contributed by atoms with E-state index in [-0.39, 0.29) is 17.8 Å². The molecule has 210 valence electrons. The number of urea groups is 1. The molecule has 1 atom stereocenters. The van der Waals surface area contributed by atoms with Gasteiger partial charge < -0.3 is 21.3 Å². The molecule has 2 saturated heterocycles. The highest BCUT2D eigenvalue weighted by Crippen LogP contribution is 2.48. The van der Waals surface area contributed by atoms with Gasteiger partial charge >= 0.3 is 11.7 Å². The normalized spacial score (nSPS) is 21.5. The summed E-state index contributed by atoms with van der Waals surface area (Å²) in [7, 11) is 0. The number of carbonyl (C=O) groups is 2. The minimum Gasteiger partial charge on any atom is -0.338 e. The highest BCUT2D eigenvalue weighted by atomic mass is 16.2. The van der Waals surface area contributed by atoms with Crippen LogP contribution >= 0.6 is 0 Å². The highest BCUT2D eigenvalue weighted by molar-refractivity contribution is 5.89. The summed E-state index contributed by atoms with van der Waals surface area (Å²) in [5.41, 5.74) is 13.1. The third-order valence-corrected chi connectivity index (χ3v) is 8.66. The molecule has 39 heavy (non-hydrogen) atoms. The predicted molar refractivity (Wildman–Crippen MR) is 149 cm³/mol. The molecule has 5 rings (SSSR count). The zero-order chi connectivity index (χ0) is 27.8. The average Bonchev–Trinajstić information content (AvgIpc) is 2.92. The fraction of sp³-hybridized carbons (Fsp3) is 0.571. The van der Waals surface area contributed by atoms with Gasteiger partial charge in [0.25, 0.3) is 0 Å². The van der Waals surface area contributed by atoms with Gasteiger partial charge in [-0.05, 0) is 81.8 Å². The van der Waals surface area contributed by atoms with E-state index < -0.39 is 11.2 Å². The second-order valence-corrected chi connectivity index (χ2v) is 11.8. The van der Waals surface area contributed by atoms with Gasteiger partial charge in [-0.15, -0.1) is 0 Å². The molecule has 3 aliphatic rings. The van der Waals surface area contributed by atoms with E-state index in [0.717, 1.165) is 31.7 Å². The number of anilines is 1. The summed E-state index contributed by atoms with van der Waals surface area (Å²) >= 11 is 0.